The number of hydrogen-bond acceptors (Lipinski definition) is 3. The van der Waals surface area contributed by atoms with E-state index in [1.165, 1.54) is 0 Å². The molecule has 0 radical (unpaired) electrons. The number of carbonyl (C=O) groups excluding carboxylic acids is 3. The molecule has 1 fully saturated rings. The van der Waals surface area contributed by atoms with Gasteiger partial charge in [-0.1, -0.05) is 6.92 Å². The SMILES string of the molecule is CC[C@@H](C)NC(=O)[C@@H]1CC(=O)N(c2ccc3c(c2)CCN3C(C)=O)C1. The topological polar surface area (TPSA) is 69.7 Å². The van der Waals surface area contributed by atoms with Crippen molar-refractivity contribution >= 4 is 29.1 Å². The number of benzene rings is 1. The van der Waals surface area contributed by atoms with E-state index in [1.807, 2.05) is 32.0 Å². The molecular weight excluding hydrogens is 318 g/mol. The van der Waals surface area contributed by atoms with Crippen LogP contribution in [0.25, 0.3) is 0 Å². The van der Waals surface area contributed by atoms with Gasteiger partial charge in [0, 0.05) is 43.9 Å². The lowest BCUT2D eigenvalue weighted by atomic mass is 10.1. The molecule has 6 heteroatoms. The van der Waals surface area contributed by atoms with E-state index in [0.717, 1.165) is 29.8 Å². The first-order valence-corrected chi connectivity index (χ1v) is 8.92. The number of rotatable bonds is 4. The van der Waals surface area contributed by atoms with Crippen LogP contribution in [0.4, 0.5) is 11.4 Å². The predicted molar refractivity (Wildman–Crippen MR) is 96.5 cm³/mol. The number of anilines is 2. The summed E-state index contributed by atoms with van der Waals surface area (Å²) in [6.07, 6.45) is 1.91. The Balaban J connectivity index is 1.74. The van der Waals surface area contributed by atoms with E-state index in [0.29, 0.717) is 13.1 Å². The maximum absolute atomic E-state index is 12.4. The van der Waals surface area contributed by atoms with Gasteiger partial charge >= 0.3 is 0 Å². The minimum Gasteiger partial charge on any atom is -0.353 e. The summed E-state index contributed by atoms with van der Waals surface area (Å²) in [5, 5.41) is 2.96. The molecule has 3 amide bonds. The van der Waals surface area contributed by atoms with Gasteiger partial charge < -0.3 is 15.1 Å². The van der Waals surface area contributed by atoms with Gasteiger partial charge in [0.2, 0.25) is 17.7 Å². The highest BCUT2D eigenvalue weighted by Gasteiger charge is 2.36. The molecule has 0 unspecified atom stereocenters. The molecule has 2 aliphatic heterocycles. The zero-order valence-corrected chi connectivity index (χ0v) is 15.0. The molecule has 1 aromatic carbocycles. The normalized spacial score (nSPS) is 20.6. The van der Waals surface area contributed by atoms with Crippen LogP contribution >= 0.6 is 0 Å². The Kier molecular flexibility index (Phi) is 4.79. The molecule has 1 aromatic rings. The van der Waals surface area contributed by atoms with Crippen molar-refractivity contribution in [1.29, 1.82) is 0 Å². The first kappa shape index (κ1) is 17.5. The van der Waals surface area contributed by atoms with Crippen LogP contribution in [-0.4, -0.2) is 36.9 Å². The molecule has 6 nitrogen and oxygen atoms in total. The molecule has 1 N–H and O–H groups in total. The summed E-state index contributed by atoms with van der Waals surface area (Å²) in [6.45, 7) is 6.64. The van der Waals surface area contributed by atoms with E-state index in [4.69, 9.17) is 0 Å². The highest BCUT2D eigenvalue weighted by atomic mass is 16.2. The minimum absolute atomic E-state index is 0.0225. The lowest BCUT2D eigenvalue weighted by Crippen LogP contribution is -2.38. The summed E-state index contributed by atoms with van der Waals surface area (Å²) in [6, 6.07) is 5.87. The summed E-state index contributed by atoms with van der Waals surface area (Å²) >= 11 is 0. The molecule has 2 atom stereocenters. The number of nitrogens with zero attached hydrogens (tertiary/aromatic N) is 2. The zero-order valence-electron chi connectivity index (χ0n) is 15.0. The van der Waals surface area contributed by atoms with Gasteiger partial charge in [-0.05, 0) is 43.5 Å². The average Bonchev–Trinajstić information content (AvgIpc) is 3.17. The third-order valence-electron chi connectivity index (χ3n) is 5.15. The second kappa shape index (κ2) is 6.86. The van der Waals surface area contributed by atoms with Crippen molar-refractivity contribution in [1.82, 2.24) is 5.32 Å². The molecule has 134 valence electrons. The fraction of sp³-hybridized carbons (Fsp3) is 0.526. The number of hydrogen-bond donors (Lipinski definition) is 1. The highest BCUT2D eigenvalue weighted by molar-refractivity contribution is 6.01. The Labute approximate surface area is 148 Å². The lowest BCUT2D eigenvalue weighted by molar-refractivity contribution is -0.126. The minimum atomic E-state index is -0.302. The Morgan fingerprint density at radius 2 is 2.12 bits per heavy atom. The maximum atomic E-state index is 12.4. The molecule has 0 aliphatic carbocycles. The maximum Gasteiger partial charge on any atom is 0.227 e. The van der Waals surface area contributed by atoms with Crippen LogP contribution in [0.1, 0.15) is 39.2 Å². The molecule has 0 saturated carbocycles. The Bertz CT molecular complexity index is 716. The van der Waals surface area contributed by atoms with Crippen LogP contribution in [0.2, 0.25) is 0 Å². The highest BCUT2D eigenvalue weighted by Crippen LogP contribution is 2.34. The van der Waals surface area contributed by atoms with Crippen LogP contribution in [0.15, 0.2) is 18.2 Å². The molecule has 0 bridgehead atoms. The van der Waals surface area contributed by atoms with Gasteiger partial charge in [0.05, 0.1) is 5.92 Å². The fourth-order valence-electron chi connectivity index (χ4n) is 3.48. The van der Waals surface area contributed by atoms with Crippen LogP contribution in [-0.2, 0) is 20.8 Å². The first-order valence-electron chi connectivity index (χ1n) is 8.92. The van der Waals surface area contributed by atoms with Gasteiger partial charge in [-0.15, -0.1) is 0 Å². The third-order valence-corrected chi connectivity index (χ3v) is 5.15. The van der Waals surface area contributed by atoms with E-state index in [9.17, 15) is 14.4 Å². The fourth-order valence-corrected chi connectivity index (χ4v) is 3.48. The summed E-state index contributed by atoms with van der Waals surface area (Å²) in [5.74, 6) is -0.339. The third kappa shape index (κ3) is 3.38. The van der Waals surface area contributed by atoms with E-state index < -0.39 is 0 Å². The van der Waals surface area contributed by atoms with Gasteiger partial charge in [-0.3, -0.25) is 14.4 Å². The molecular formula is C19H25N3O3. The molecule has 3 rings (SSSR count). The van der Waals surface area contributed by atoms with Gasteiger partial charge in [0.1, 0.15) is 0 Å². The standard InChI is InChI=1S/C19H25N3O3/c1-4-12(2)20-19(25)15-10-18(24)22(11-15)16-5-6-17-14(9-16)7-8-21(17)13(3)23/h5-6,9,12,15H,4,7-8,10-11H2,1-3H3,(H,20,25)/t12-,15-/m1/s1. The number of amides is 3. The van der Waals surface area contributed by atoms with Crippen molar-refractivity contribution in [3.63, 3.8) is 0 Å². The van der Waals surface area contributed by atoms with Gasteiger partial charge in [0.25, 0.3) is 0 Å². The summed E-state index contributed by atoms with van der Waals surface area (Å²) in [5.41, 5.74) is 2.81. The van der Waals surface area contributed by atoms with E-state index in [1.54, 1.807) is 16.7 Å². The molecule has 0 spiro atoms. The van der Waals surface area contributed by atoms with Crippen LogP contribution in [0.3, 0.4) is 0 Å². The summed E-state index contributed by atoms with van der Waals surface area (Å²) < 4.78 is 0. The average molecular weight is 343 g/mol. The zero-order chi connectivity index (χ0) is 18.1. The van der Waals surface area contributed by atoms with Crippen LogP contribution < -0.4 is 15.1 Å². The van der Waals surface area contributed by atoms with Crippen molar-refractivity contribution in [2.45, 2.75) is 46.1 Å². The largest absolute Gasteiger partial charge is 0.353 e. The molecule has 2 aliphatic rings. The molecule has 2 heterocycles. The van der Waals surface area contributed by atoms with Crippen molar-refractivity contribution < 1.29 is 14.4 Å². The second-order valence-electron chi connectivity index (χ2n) is 6.96. The van der Waals surface area contributed by atoms with Crippen LogP contribution in [0.5, 0.6) is 0 Å². The van der Waals surface area contributed by atoms with E-state index >= 15 is 0 Å². The summed E-state index contributed by atoms with van der Waals surface area (Å²) in [7, 11) is 0. The van der Waals surface area contributed by atoms with Gasteiger partial charge in [-0.25, -0.2) is 0 Å². The molecule has 0 aromatic heterocycles. The van der Waals surface area contributed by atoms with Crippen molar-refractivity contribution in [3.05, 3.63) is 23.8 Å². The van der Waals surface area contributed by atoms with Gasteiger partial charge in [0.15, 0.2) is 0 Å². The predicted octanol–water partition coefficient (Wildman–Crippen LogP) is 1.86. The smallest absolute Gasteiger partial charge is 0.227 e. The lowest BCUT2D eigenvalue weighted by Gasteiger charge is -2.20. The molecule has 25 heavy (non-hydrogen) atoms. The quantitative estimate of drug-likeness (QED) is 0.907. The Morgan fingerprint density at radius 1 is 1.36 bits per heavy atom. The summed E-state index contributed by atoms with van der Waals surface area (Å²) in [4.78, 5) is 39.8. The monoisotopic (exact) mass is 343 g/mol. The van der Waals surface area contributed by atoms with Crippen molar-refractivity contribution in [2.24, 2.45) is 5.92 Å². The second-order valence-corrected chi connectivity index (χ2v) is 6.96. The Hall–Kier alpha value is -2.37. The van der Waals surface area contributed by atoms with Crippen molar-refractivity contribution in [3.8, 4) is 0 Å². The molecule has 1 saturated heterocycles. The first-order chi connectivity index (χ1) is 11.9. The van der Waals surface area contributed by atoms with E-state index in [-0.39, 0.29) is 36.1 Å². The van der Waals surface area contributed by atoms with Crippen LogP contribution in [0, 0.1) is 5.92 Å². The van der Waals surface area contributed by atoms with E-state index in [2.05, 4.69) is 5.32 Å². The number of nitrogens with one attached hydrogen (secondary N) is 1. The Morgan fingerprint density at radius 3 is 2.80 bits per heavy atom. The van der Waals surface area contributed by atoms with Gasteiger partial charge in [-0.2, -0.15) is 0 Å². The van der Waals surface area contributed by atoms with Crippen molar-refractivity contribution in [2.75, 3.05) is 22.9 Å². The number of carbonyl (C=O) groups is 3. The number of fused-ring (bicyclic) bond motifs is 1.